The van der Waals surface area contributed by atoms with Crippen molar-refractivity contribution >= 4 is 27.5 Å². The fourth-order valence-corrected chi connectivity index (χ4v) is 2.86. The molecule has 0 saturated heterocycles. The molecule has 0 atom stereocenters. The second kappa shape index (κ2) is 6.83. The number of hydrogen-bond donors (Lipinski definition) is 2. The van der Waals surface area contributed by atoms with Crippen molar-refractivity contribution in [1.29, 1.82) is 0 Å². The molecule has 0 amide bonds. The monoisotopic (exact) mass is 292 g/mol. The van der Waals surface area contributed by atoms with Gasteiger partial charge in [0.05, 0.1) is 6.42 Å². The number of carboxylic acid groups (broad SMARTS) is 1. The minimum atomic E-state index is -3.58. The van der Waals surface area contributed by atoms with Crippen LogP contribution in [0.1, 0.15) is 11.3 Å². The molecule has 1 rings (SSSR count). The average molecular weight is 292 g/mol. The molecule has 0 bridgehead atoms. The van der Waals surface area contributed by atoms with Gasteiger partial charge in [-0.15, -0.1) is 11.3 Å². The first kappa shape index (κ1) is 15.1. The highest BCUT2D eigenvalue weighted by atomic mass is 32.2. The third-order valence-electron chi connectivity index (χ3n) is 2.29. The summed E-state index contributed by atoms with van der Waals surface area (Å²) in [5, 5.41) is 10.4. The predicted octanol–water partition coefficient (Wildman–Crippen LogP) is 0.532. The molecule has 1 heterocycles. The van der Waals surface area contributed by atoms with E-state index in [-0.39, 0.29) is 13.0 Å². The van der Waals surface area contributed by atoms with Gasteiger partial charge in [-0.25, -0.2) is 4.72 Å². The quantitative estimate of drug-likeness (QED) is 0.732. The maximum atomic E-state index is 11.7. The van der Waals surface area contributed by atoms with Crippen molar-refractivity contribution in [2.75, 3.05) is 20.1 Å². The van der Waals surface area contributed by atoms with Crippen molar-refractivity contribution < 1.29 is 18.3 Å². The fraction of sp³-hybridized carbons (Fsp3) is 0.500. The number of aliphatic carboxylic acids is 1. The number of carboxylic acids is 1. The van der Waals surface area contributed by atoms with Crippen LogP contribution in [0, 0.1) is 0 Å². The van der Waals surface area contributed by atoms with Gasteiger partial charge >= 0.3 is 5.97 Å². The normalized spacial score (nSPS) is 11.9. The summed E-state index contributed by atoms with van der Waals surface area (Å²) in [6.07, 6.45) is 0.423. The summed E-state index contributed by atoms with van der Waals surface area (Å²) in [6.45, 7) is 0.268. The Kier molecular flexibility index (Phi) is 5.73. The van der Waals surface area contributed by atoms with E-state index in [0.717, 1.165) is 9.18 Å². The van der Waals surface area contributed by atoms with Crippen LogP contribution < -0.4 is 4.72 Å². The number of hydrogen-bond acceptors (Lipinski definition) is 4. The predicted molar refractivity (Wildman–Crippen MR) is 69.8 cm³/mol. The van der Waals surface area contributed by atoms with Gasteiger partial charge in [-0.2, -0.15) is 12.7 Å². The Morgan fingerprint density at radius 3 is 2.83 bits per heavy atom. The van der Waals surface area contributed by atoms with Gasteiger partial charge in [-0.05, 0) is 17.9 Å². The Morgan fingerprint density at radius 1 is 1.56 bits per heavy atom. The summed E-state index contributed by atoms with van der Waals surface area (Å²) in [7, 11) is -2.23. The highest BCUT2D eigenvalue weighted by Crippen LogP contribution is 2.08. The molecule has 0 aliphatic rings. The number of nitrogens with zero attached hydrogens (tertiary/aromatic N) is 1. The van der Waals surface area contributed by atoms with Gasteiger partial charge < -0.3 is 5.11 Å². The van der Waals surface area contributed by atoms with E-state index in [2.05, 4.69) is 4.72 Å². The molecule has 0 aliphatic carbocycles. The van der Waals surface area contributed by atoms with Crippen molar-refractivity contribution in [3.05, 3.63) is 22.4 Å². The lowest BCUT2D eigenvalue weighted by Gasteiger charge is -2.16. The van der Waals surface area contributed by atoms with E-state index < -0.39 is 16.2 Å². The molecule has 0 saturated carbocycles. The van der Waals surface area contributed by atoms with Crippen LogP contribution in [0.5, 0.6) is 0 Å². The van der Waals surface area contributed by atoms with Crippen LogP contribution >= 0.6 is 11.3 Å². The van der Waals surface area contributed by atoms with Crippen LogP contribution in [0.25, 0.3) is 0 Å². The van der Waals surface area contributed by atoms with E-state index >= 15 is 0 Å². The zero-order valence-corrected chi connectivity index (χ0v) is 11.6. The van der Waals surface area contributed by atoms with Gasteiger partial charge in [0.15, 0.2) is 0 Å². The Labute approximate surface area is 110 Å². The lowest BCUT2D eigenvalue weighted by atomic mass is 10.3. The second-order valence-corrected chi connectivity index (χ2v) is 6.59. The Hall–Kier alpha value is -0.960. The Bertz CT molecular complexity index is 470. The smallest absolute Gasteiger partial charge is 0.304 e. The molecule has 2 N–H and O–H groups in total. The molecule has 1 aromatic rings. The summed E-state index contributed by atoms with van der Waals surface area (Å²) < 4.78 is 26.8. The molecule has 0 aliphatic heterocycles. The molecule has 0 radical (unpaired) electrons. The molecule has 102 valence electrons. The summed E-state index contributed by atoms with van der Waals surface area (Å²) in [4.78, 5) is 11.5. The van der Waals surface area contributed by atoms with Gasteiger partial charge in [-0.3, -0.25) is 4.79 Å². The maximum Gasteiger partial charge on any atom is 0.304 e. The van der Waals surface area contributed by atoms with Gasteiger partial charge in [0.1, 0.15) is 0 Å². The van der Waals surface area contributed by atoms with E-state index in [1.54, 1.807) is 11.3 Å². The summed E-state index contributed by atoms with van der Waals surface area (Å²) >= 11 is 1.57. The topological polar surface area (TPSA) is 86.7 Å². The number of rotatable bonds is 8. The molecule has 0 spiro atoms. The van der Waals surface area contributed by atoms with Crippen molar-refractivity contribution in [3.8, 4) is 0 Å². The van der Waals surface area contributed by atoms with Crippen LogP contribution in [0.2, 0.25) is 0 Å². The van der Waals surface area contributed by atoms with E-state index in [9.17, 15) is 13.2 Å². The third-order valence-corrected chi connectivity index (χ3v) is 4.80. The van der Waals surface area contributed by atoms with Gasteiger partial charge in [0.2, 0.25) is 0 Å². The number of thiophene rings is 1. The SMILES string of the molecule is CN(CCC(=O)O)S(=O)(=O)NCCc1cccs1. The highest BCUT2D eigenvalue weighted by molar-refractivity contribution is 7.87. The fourth-order valence-electron chi connectivity index (χ4n) is 1.24. The Balaban J connectivity index is 2.36. The maximum absolute atomic E-state index is 11.7. The first-order valence-electron chi connectivity index (χ1n) is 5.37. The average Bonchev–Trinajstić information content (AvgIpc) is 2.78. The van der Waals surface area contributed by atoms with Crippen LogP contribution in [0.4, 0.5) is 0 Å². The molecule has 1 aromatic heterocycles. The molecule has 0 aromatic carbocycles. The summed E-state index contributed by atoms with van der Waals surface area (Å²) in [5.41, 5.74) is 0. The molecule has 18 heavy (non-hydrogen) atoms. The van der Waals surface area contributed by atoms with E-state index in [0.29, 0.717) is 13.0 Å². The second-order valence-electron chi connectivity index (χ2n) is 3.69. The summed E-state index contributed by atoms with van der Waals surface area (Å²) in [6, 6.07) is 3.85. The summed E-state index contributed by atoms with van der Waals surface area (Å²) in [5.74, 6) is -1.02. The molecule has 8 heteroatoms. The van der Waals surface area contributed by atoms with E-state index in [1.807, 2.05) is 17.5 Å². The number of nitrogens with one attached hydrogen (secondary N) is 1. The third kappa shape index (κ3) is 5.13. The molecular formula is C10H16N2O4S2. The van der Waals surface area contributed by atoms with Crippen molar-refractivity contribution in [2.24, 2.45) is 0 Å². The standard InChI is InChI=1S/C10H16N2O4S2/c1-12(7-5-10(13)14)18(15,16)11-6-4-9-3-2-8-17-9/h2-3,8,11H,4-7H2,1H3,(H,13,14). The lowest BCUT2D eigenvalue weighted by molar-refractivity contribution is -0.137. The van der Waals surface area contributed by atoms with Crippen molar-refractivity contribution in [3.63, 3.8) is 0 Å². The first-order chi connectivity index (χ1) is 8.42. The van der Waals surface area contributed by atoms with Crippen LogP contribution in [-0.4, -0.2) is 43.9 Å². The molecule has 0 fully saturated rings. The molecule has 0 unspecified atom stereocenters. The van der Waals surface area contributed by atoms with Crippen molar-refractivity contribution in [1.82, 2.24) is 9.03 Å². The van der Waals surface area contributed by atoms with Gasteiger partial charge in [0, 0.05) is 25.0 Å². The minimum Gasteiger partial charge on any atom is -0.481 e. The largest absolute Gasteiger partial charge is 0.481 e. The van der Waals surface area contributed by atoms with Crippen LogP contribution in [0.3, 0.4) is 0 Å². The molecular weight excluding hydrogens is 276 g/mol. The molecule has 6 nitrogen and oxygen atoms in total. The Morgan fingerprint density at radius 2 is 2.28 bits per heavy atom. The lowest BCUT2D eigenvalue weighted by Crippen LogP contribution is -2.40. The van der Waals surface area contributed by atoms with Crippen LogP contribution in [-0.2, 0) is 21.4 Å². The highest BCUT2D eigenvalue weighted by Gasteiger charge is 2.17. The minimum absolute atomic E-state index is 0.0380. The van der Waals surface area contributed by atoms with E-state index in [1.165, 1.54) is 7.05 Å². The van der Waals surface area contributed by atoms with Gasteiger partial charge in [0.25, 0.3) is 10.2 Å². The number of carbonyl (C=O) groups is 1. The first-order valence-corrected chi connectivity index (χ1v) is 7.69. The van der Waals surface area contributed by atoms with Crippen molar-refractivity contribution in [2.45, 2.75) is 12.8 Å². The van der Waals surface area contributed by atoms with Gasteiger partial charge in [-0.1, -0.05) is 6.07 Å². The zero-order valence-electron chi connectivity index (χ0n) is 10.00. The van der Waals surface area contributed by atoms with Crippen LogP contribution in [0.15, 0.2) is 17.5 Å². The van der Waals surface area contributed by atoms with E-state index in [4.69, 9.17) is 5.11 Å². The zero-order chi connectivity index (χ0) is 13.6.